The van der Waals surface area contributed by atoms with Crippen molar-refractivity contribution in [3.05, 3.63) is 18.2 Å². The molecule has 0 amide bonds. The fourth-order valence-electron chi connectivity index (χ4n) is 2.78. The maximum Gasteiger partial charge on any atom is 0.0946 e. The van der Waals surface area contributed by atoms with Crippen LogP contribution in [0.3, 0.4) is 0 Å². The van der Waals surface area contributed by atoms with Crippen molar-refractivity contribution in [3.63, 3.8) is 0 Å². The standard InChI is InChI=1S/C13H24N4O/c1-16-10-15-9-12(16)13-11(14)5-3-4-6-17(13)7-8-18-2/h9-11,13H,3-8,14H2,1-2H3. The van der Waals surface area contributed by atoms with Crippen LogP contribution >= 0.6 is 0 Å². The van der Waals surface area contributed by atoms with Crippen LogP contribution in [-0.2, 0) is 11.8 Å². The van der Waals surface area contributed by atoms with E-state index in [-0.39, 0.29) is 12.1 Å². The van der Waals surface area contributed by atoms with Crippen LogP contribution in [0.15, 0.2) is 12.5 Å². The molecule has 1 fully saturated rings. The Hall–Kier alpha value is -0.910. The van der Waals surface area contributed by atoms with Gasteiger partial charge in [-0.05, 0) is 19.4 Å². The number of hydrogen-bond donors (Lipinski definition) is 1. The topological polar surface area (TPSA) is 56.3 Å². The highest BCUT2D eigenvalue weighted by Gasteiger charge is 2.30. The summed E-state index contributed by atoms with van der Waals surface area (Å²) in [5, 5.41) is 0. The second-order valence-corrected chi connectivity index (χ2v) is 5.06. The Morgan fingerprint density at radius 2 is 2.33 bits per heavy atom. The van der Waals surface area contributed by atoms with Crippen molar-refractivity contribution in [2.24, 2.45) is 12.8 Å². The van der Waals surface area contributed by atoms with E-state index >= 15 is 0 Å². The van der Waals surface area contributed by atoms with Gasteiger partial charge in [-0.2, -0.15) is 0 Å². The minimum absolute atomic E-state index is 0.180. The molecule has 102 valence electrons. The first-order valence-corrected chi connectivity index (χ1v) is 6.69. The zero-order valence-corrected chi connectivity index (χ0v) is 11.4. The van der Waals surface area contributed by atoms with Gasteiger partial charge >= 0.3 is 0 Å². The second-order valence-electron chi connectivity index (χ2n) is 5.06. The molecule has 0 bridgehead atoms. The van der Waals surface area contributed by atoms with Gasteiger partial charge in [0.25, 0.3) is 0 Å². The van der Waals surface area contributed by atoms with E-state index in [4.69, 9.17) is 10.5 Å². The van der Waals surface area contributed by atoms with E-state index in [1.165, 1.54) is 18.5 Å². The first-order chi connectivity index (χ1) is 8.74. The molecule has 0 aliphatic carbocycles. The van der Waals surface area contributed by atoms with Gasteiger partial charge in [0, 0.05) is 32.9 Å². The van der Waals surface area contributed by atoms with E-state index in [0.717, 1.165) is 26.1 Å². The van der Waals surface area contributed by atoms with Crippen molar-refractivity contribution in [2.45, 2.75) is 31.3 Å². The van der Waals surface area contributed by atoms with Crippen molar-refractivity contribution < 1.29 is 4.74 Å². The van der Waals surface area contributed by atoms with Gasteiger partial charge in [0.05, 0.1) is 24.7 Å². The maximum atomic E-state index is 6.38. The summed E-state index contributed by atoms with van der Waals surface area (Å²) in [6.07, 6.45) is 7.29. The van der Waals surface area contributed by atoms with E-state index in [2.05, 4.69) is 14.5 Å². The molecule has 2 atom stereocenters. The molecule has 2 rings (SSSR count). The third-order valence-electron chi connectivity index (χ3n) is 3.77. The van der Waals surface area contributed by atoms with Crippen LogP contribution in [0.1, 0.15) is 31.0 Å². The number of imidazole rings is 1. The van der Waals surface area contributed by atoms with Gasteiger partial charge in [0.1, 0.15) is 0 Å². The van der Waals surface area contributed by atoms with Gasteiger partial charge in [-0.3, -0.25) is 4.90 Å². The molecule has 5 heteroatoms. The molecule has 0 spiro atoms. The Balaban J connectivity index is 2.20. The first kappa shape index (κ1) is 13.5. The molecule has 5 nitrogen and oxygen atoms in total. The van der Waals surface area contributed by atoms with Crippen molar-refractivity contribution in [3.8, 4) is 0 Å². The molecule has 1 aromatic heterocycles. The first-order valence-electron chi connectivity index (χ1n) is 6.69. The number of ether oxygens (including phenoxy) is 1. The summed E-state index contributed by atoms with van der Waals surface area (Å²) in [4.78, 5) is 6.67. The molecule has 2 unspecified atom stereocenters. The minimum Gasteiger partial charge on any atom is -0.383 e. The van der Waals surface area contributed by atoms with E-state index in [1.54, 1.807) is 7.11 Å². The molecular weight excluding hydrogens is 228 g/mol. The highest BCUT2D eigenvalue weighted by atomic mass is 16.5. The van der Waals surface area contributed by atoms with Crippen LogP contribution in [0, 0.1) is 0 Å². The van der Waals surface area contributed by atoms with Gasteiger partial charge < -0.3 is 15.0 Å². The normalized spacial score (nSPS) is 26.2. The summed E-state index contributed by atoms with van der Waals surface area (Å²) in [6, 6.07) is 0.440. The van der Waals surface area contributed by atoms with E-state index in [0.29, 0.717) is 0 Å². The molecular formula is C13H24N4O. The summed E-state index contributed by atoms with van der Waals surface area (Å²) in [5.74, 6) is 0. The fourth-order valence-corrected chi connectivity index (χ4v) is 2.78. The lowest BCUT2D eigenvalue weighted by Gasteiger charge is -2.33. The number of likely N-dealkylation sites (tertiary alicyclic amines) is 1. The van der Waals surface area contributed by atoms with Gasteiger partial charge in [0.15, 0.2) is 0 Å². The Labute approximate surface area is 109 Å². The molecule has 18 heavy (non-hydrogen) atoms. The lowest BCUT2D eigenvalue weighted by atomic mass is 10.0. The zero-order valence-electron chi connectivity index (χ0n) is 11.4. The Morgan fingerprint density at radius 3 is 3.00 bits per heavy atom. The predicted octanol–water partition coefficient (Wildman–Crippen LogP) is 0.921. The molecule has 1 aromatic rings. The van der Waals surface area contributed by atoms with Gasteiger partial charge in [-0.25, -0.2) is 4.98 Å². The number of methoxy groups -OCH3 is 1. The largest absolute Gasteiger partial charge is 0.383 e. The lowest BCUT2D eigenvalue weighted by molar-refractivity contribution is 0.112. The quantitative estimate of drug-likeness (QED) is 0.866. The second kappa shape index (κ2) is 6.31. The zero-order chi connectivity index (χ0) is 13.0. The number of aromatic nitrogens is 2. The summed E-state index contributed by atoms with van der Waals surface area (Å²) >= 11 is 0. The van der Waals surface area contributed by atoms with E-state index in [9.17, 15) is 0 Å². The molecule has 1 saturated heterocycles. The van der Waals surface area contributed by atoms with Crippen LogP contribution in [0.5, 0.6) is 0 Å². The summed E-state index contributed by atoms with van der Waals surface area (Å²) in [5.41, 5.74) is 7.59. The average molecular weight is 252 g/mol. The molecule has 0 aromatic carbocycles. The predicted molar refractivity (Wildman–Crippen MR) is 71.2 cm³/mol. The monoisotopic (exact) mass is 252 g/mol. The summed E-state index contributed by atoms with van der Waals surface area (Å²) in [7, 11) is 3.78. The van der Waals surface area contributed by atoms with E-state index in [1.807, 2.05) is 19.6 Å². The molecule has 1 aliphatic heterocycles. The van der Waals surface area contributed by atoms with Crippen molar-refractivity contribution >= 4 is 0 Å². The van der Waals surface area contributed by atoms with Crippen LogP contribution in [0.25, 0.3) is 0 Å². The SMILES string of the molecule is COCCN1CCCCC(N)C1c1cncn1C. The fraction of sp³-hybridized carbons (Fsp3) is 0.769. The maximum absolute atomic E-state index is 6.38. The van der Waals surface area contributed by atoms with Crippen molar-refractivity contribution in [1.82, 2.24) is 14.5 Å². The Morgan fingerprint density at radius 1 is 1.50 bits per heavy atom. The van der Waals surface area contributed by atoms with Crippen molar-refractivity contribution in [2.75, 3.05) is 26.8 Å². The van der Waals surface area contributed by atoms with Crippen LogP contribution in [-0.4, -0.2) is 47.3 Å². The van der Waals surface area contributed by atoms with Crippen LogP contribution in [0.4, 0.5) is 0 Å². The molecule has 0 saturated carbocycles. The lowest BCUT2D eigenvalue weighted by Crippen LogP contribution is -2.42. The molecule has 0 radical (unpaired) electrons. The third-order valence-corrected chi connectivity index (χ3v) is 3.77. The highest BCUT2D eigenvalue weighted by molar-refractivity contribution is 5.09. The van der Waals surface area contributed by atoms with E-state index < -0.39 is 0 Å². The third kappa shape index (κ3) is 2.91. The minimum atomic E-state index is 0.180. The Kier molecular flexibility index (Phi) is 4.74. The number of hydrogen-bond acceptors (Lipinski definition) is 4. The number of rotatable bonds is 4. The van der Waals surface area contributed by atoms with Crippen molar-refractivity contribution in [1.29, 1.82) is 0 Å². The van der Waals surface area contributed by atoms with Crippen LogP contribution < -0.4 is 5.73 Å². The number of aryl methyl sites for hydroxylation is 1. The smallest absolute Gasteiger partial charge is 0.0946 e. The van der Waals surface area contributed by atoms with Gasteiger partial charge in [-0.1, -0.05) is 6.42 Å². The van der Waals surface area contributed by atoms with Gasteiger partial charge in [-0.15, -0.1) is 0 Å². The van der Waals surface area contributed by atoms with Crippen LogP contribution in [0.2, 0.25) is 0 Å². The number of nitrogens with two attached hydrogens (primary N) is 1. The molecule has 2 heterocycles. The van der Waals surface area contributed by atoms with Gasteiger partial charge in [0.2, 0.25) is 0 Å². The average Bonchev–Trinajstić information content (AvgIpc) is 2.68. The molecule has 1 aliphatic rings. The molecule has 2 N–H and O–H groups in total. The highest BCUT2D eigenvalue weighted by Crippen LogP contribution is 2.28. The Bertz CT molecular complexity index is 366. The number of nitrogens with zero attached hydrogens (tertiary/aromatic N) is 3. The summed E-state index contributed by atoms with van der Waals surface area (Å²) in [6.45, 7) is 2.77. The summed E-state index contributed by atoms with van der Waals surface area (Å²) < 4.78 is 7.29.